The van der Waals surface area contributed by atoms with E-state index in [4.69, 9.17) is 12.2 Å². The number of carbonyl (C=O) groups excluding carboxylic acids is 1. The summed E-state index contributed by atoms with van der Waals surface area (Å²) in [5.74, 6) is 0.849. The molecule has 1 aromatic heterocycles. The van der Waals surface area contributed by atoms with Crippen LogP contribution in [0.5, 0.6) is 0 Å². The Hall–Kier alpha value is -1.55. The van der Waals surface area contributed by atoms with E-state index in [9.17, 15) is 4.79 Å². The first kappa shape index (κ1) is 18.2. The molecule has 1 fully saturated rings. The van der Waals surface area contributed by atoms with E-state index in [1.54, 1.807) is 0 Å². The lowest BCUT2D eigenvalue weighted by Gasteiger charge is -2.11. The number of halogens is 1. The highest BCUT2D eigenvalue weighted by Gasteiger charge is 2.29. The van der Waals surface area contributed by atoms with Crippen molar-refractivity contribution < 1.29 is 4.79 Å². The molecular formula is C16H21BrN6OS. The normalized spacial score (nSPS) is 19.9. The summed E-state index contributed by atoms with van der Waals surface area (Å²) in [7, 11) is 0. The summed E-state index contributed by atoms with van der Waals surface area (Å²) in [5.41, 5.74) is 7.43. The van der Waals surface area contributed by atoms with E-state index in [0.29, 0.717) is 24.2 Å². The molecule has 4 N–H and O–H groups in total. The van der Waals surface area contributed by atoms with E-state index in [2.05, 4.69) is 54.4 Å². The largest absolute Gasteiger partial charge is 0.354 e. The van der Waals surface area contributed by atoms with E-state index >= 15 is 0 Å². The monoisotopic (exact) mass is 424 g/mol. The van der Waals surface area contributed by atoms with Gasteiger partial charge < -0.3 is 9.88 Å². The fourth-order valence-corrected chi connectivity index (χ4v) is 3.47. The minimum absolute atomic E-state index is 0.00991. The van der Waals surface area contributed by atoms with Crippen LogP contribution >= 0.6 is 28.1 Å². The fraction of sp³-hybridized carbons (Fsp3) is 0.438. The van der Waals surface area contributed by atoms with Crippen LogP contribution in [0.3, 0.4) is 0 Å². The molecule has 7 nitrogen and oxygen atoms in total. The molecule has 0 aliphatic carbocycles. The summed E-state index contributed by atoms with van der Waals surface area (Å²) in [6, 6.07) is 7.99. The van der Waals surface area contributed by atoms with Gasteiger partial charge in [0.1, 0.15) is 11.9 Å². The topological polar surface area (TPSA) is 86.8 Å². The van der Waals surface area contributed by atoms with E-state index in [1.807, 2.05) is 23.6 Å². The minimum atomic E-state index is -0.249. The Morgan fingerprint density at radius 2 is 2.16 bits per heavy atom. The zero-order valence-corrected chi connectivity index (χ0v) is 16.3. The van der Waals surface area contributed by atoms with Gasteiger partial charge in [-0.2, -0.15) is 5.10 Å². The zero-order chi connectivity index (χ0) is 17.8. The van der Waals surface area contributed by atoms with Crippen molar-refractivity contribution in [3.05, 3.63) is 44.9 Å². The highest BCUT2D eigenvalue weighted by Crippen LogP contribution is 2.23. The third kappa shape index (κ3) is 4.35. The number of hydrogen-bond donors (Lipinski definition) is 4. The summed E-state index contributed by atoms with van der Waals surface area (Å²) in [5, 5.41) is 9.95. The molecule has 1 aliphatic rings. The predicted molar refractivity (Wildman–Crippen MR) is 101 cm³/mol. The van der Waals surface area contributed by atoms with Crippen molar-refractivity contribution in [1.82, 2.24) is 30.9 Å². The van der Waals surface area contributed by atoms with Crippen molar-refractivity contribution in [2.24, 2.45) is 0 Å². The lowest BCUT2D eigenvalue weighted by atomic mass is 10.0. The number of benzene rings is 1. The van der Waals surface area contributed by atoms with Crippen LogP contribution in [0.4, 0.5) is 0 Å². The van der Waals surface area contributed by atoms with Gasteiger partial charge in [-0.15, -0.1) is 0 Å². The third-order valence-electron chi connectivity index (χ3n) is 4.29. The first-order chi connectivity index (χ1) is 12.1. The lowest BCUT2D eigenvalue weighted by Crippen LogP contribution is -2.43. The fourth-order valence-electron chi connectivity index (χ4n) is 2.93. The van der Waals surface area contributed by atoms with Crippen LogP contribution in [0, 0.1) is 4.77 Å². The Balaban J connectivity index is 1.49. The molecule has 1 aliphatic heterocycles. The molecule has 1 amide bonds. The zero-order valence-electron chi connectivity index (χ0n) is 13.9. The molecule has 0 radical (unpaired) electrons. The van der Waals surface area contributed by atoms with Crippen LogP contribution in [0.2, 0.25) is 0 Å². The SMILES string of the molecule is CCn1c(CCNC(=O)C2CC(c3ccc(Br)cc3)NN2)n[nH]c1=S. The first-order valence-electron chi connectivity index (χ1n) is 8.26. The average molecular weight is 425 g/mol. The quantitative estimate of drug-likeness (QED) is 0.532. The number of hydrazine groups is 1. The summed E-state index contributed by atoms with van der Waals surface area (Å²) < 4.78 is 3.59. The number of nitrogens with one attached hydrogen (secondary N) is 4. The van der Waals surface area contributed by atoms with Gasteiger partial charge >= 0.3 is 0 Å². The number of rotatable bonds is 6. The van der Waals surface area contributed by atoms with Gasteiger partial charge in [0.05, 0.1) is 0 Å². The van der Waals surface area contributed by atoms with Crippen LogP contribution in [0.1, 0.15) is 30.8 Å². The standard InChI is InChI=1S/C16H21BrN6OS/c1-2-23-14(21-22-16(23)25)7-8-18-15(24)13-9-12(19-20-13)10-3-5-11(17)6-4-10/h3-6,12-13,19-20H,2,7-9H2,1H3,(H,18,24)(H,22,25). The molecule has 134 valence electrons. The van der Waals surface area contributed by atoms with Crippen molar-refractivity contribution in [3.8, 4) is 0 Å². The molecule has 0 spiro atoms. The van der Waals surface area contributed by atoms with Gasteiger partial charge in [-0.25, -0.2) is 10.9 Å². The van der Waals surface area contributed by atoms with Crippen molar-refractivity contribution in [1.29, 1.82) is 0 Å². The van der Waals surface area contributed by atoms with Crippen molar-refractivity contribution >= 4 is 34.1 Å². The Morgan fingerprint density at radius 3 is 2.88 bits per heavy atom. The van der Waals surface area contributed by atoms with Gasteiger partial charge in [0.25, 0.3) is 0 Å². The van der Waals surface area contributed by atoms with E-state index < -0.39 is 0 Å². The number of amides is 1. The second kappa shape index (κ2) is 8.22. The van der Waals surface area contributed by atoms with Crippen LogP contribution < -0.4 is 16.2 Å². The number of H-pyrrole nitrogens is 1. The molecule has 0 saturated carbocycles. The highest BCUT2D eigenvalue weighted by molar-refractivity contribution is 9.10. The molecule has 2 unspecified atom stereocenters. The molecule has 2 aromatic rings. The van der Waals surface area contributed by atoms with Gasteiger partial charge in [0.2, 0.25) is 5.91 Å². The molecule has 0 bridgehead atoms. The van der Waals surface area contributed by atoms with E-state index in [-0.39, 0.29) is 18.0 Å². The maximum Gasteiger partial charge on any atom is 0.238 e. The second-order valence-corrected chi connectivity index (χ2v) is 7.21. The maximum atomic E-state index is 12.3. The first-order valence-corrected chi connectivity index (χ1v) is 9.47. The van der Waals surface area contributed by atoms with Gasteiger partial charge in [0.15, 0.2) is 4.77 Å². The highest BCUT2D eigenvalue weighted by atomic mass is 79.9. The lowest BCUT2D eigenvalue weighted by molar-refractivity contribution is -0.122. The summed E-state index contributed by atoms with van der Waals surface area (Å²) in [6.45, 7) is 3.31. The molecule has 25 heavy (non-hydrogen) atoms. The molecule has 1 saturated heterocycles. The predicted octanol–water partition coefficient (Wildman–Crippen LogP) is 1.99. The number of nitrogens with zero attached hydrogens (tertiary/aromatic N) is 2. The van der Waals surface area contributed by atoms with Crippen LogP contribution in [0.25, 0.3) is 0 Å². The second-order valence-electron chi connectivity index (χ2n) is 5.91. The molecule has 3 rings (SSSR count). The van der Waals surface area contributed by atoms with Crippen LogP contribution in [-0.2, 0) is 17.8 Å². The molecular weight excluding hydrogens is 404 g/mol. The van der Waals surface area contributed by atoms with E-state index in [1.165, 1.54) is 0 Å². The molecule has 9 heteroatoms. The Labute approximate surface area is 159 Å². The summed E-state index contributed by atoms with van der Waals surface area (Å²) >= 11 is 8.60. The van der Waals surface area contributed by atoms with Gasteiger partial charge in [-0.05, 0) is 43.3 Å². The number of aromatic amines is 1. The summed E-state index contributed by atoms with van der Waals surface area (Å²) in [4.78, 5) is 12.3. The summed E-state index contributed by atoms with van der Waals surface area (Å²) in [6.07, 6.45) is 1.35. The van der Waals surface area contributed by atoms with Gasteiger partial charge in [-0.1, -0.05) is 28.1 Å². The Kier molecular flexibility index (Phi) is 6.00. The van der Waals surface area contributed by atoms with Crippen LogP contribution in [-0.4, -0.2) is 33.3 Å². The van der Waals surface area contributed by atoms with Crippen molar-refractivity contribution in [2.75, 3.05) is 6.54 Å². The Morgan fingerprint density at radius 1 is 1.40 bits per heavy atom. The number of aromatic nitrogens is 3. The Bertz CT molecular complexity index is 787. The number of carbonyl (C=O) groups is 1. The van der Waals surface area contributed by atoms with Gasteiger partial charge in [-0.3, -0.25) is 9.89 Å². The number of hydrogen-bond acceptors (Lipinski definition) is 5. The molecule has 2 heterocycles. The molecule has 2 atom stereocenters. The van der Waals surface area contributed by atoms with Gasteiger partial charge in [0, 0.05) is 30.0 Å². The third-order valence-corrected chi connectivity index (χ3v) is 5.13. The smallest absolute Gasteiger partial charge is 0.238 e. The van der Waals surface area contributed by atoms with Crippen LogP contribution in [0.15, 0.2) is 28.7 Å². The van der Waals surface area contributed by atoms with E-state index in [0.717, 1.165) is 22.4 Å². The van der Waals surface area contributed by atoms with Crippen molar-refractivity contribution in [2.45, 2.75) is 38.4 Å². The minimum Gasteiger partial charge on any atom is -0.354 e. The maximum absolute atomic E-state index is 12.3. The molecule has 1 aromatic carbocycles. The average Bonchev–Trinajstić information content (AvgIpc) is 3.22. The van der Waals surface area contributed by atoms with Crippen molar-refractivity contribution in [3.63, 3.8) is 0 Å².